The van der Waals surface area contributed by atoms with E-state index >= 15 is 0 Å². The van der Waals surface area contributed by atoms with Gasteiger partial charge < -0.3 is 4.57 Å². The number of amides is 1. The van der Waals surface area contributed by atoms with Crippen LogP contribution in [0.1, 0.15) is 6.92 Å². The minimum absolute atomic E-state index is 0.149. The molecule has 0 fully saturated rings. The van der Waals surface area contributed by atoms with Crippen molar-refractivity contribution < 1.29 is 22.0 Å². The molecule has 0 radical (unpaired) electrons. The number of sulfone groups is 1. The highest BCUT2D eigenvalue weighted by Crippen LogP contribution is 2.18. The molecule has 9 heteroatoms. The lowest BCUT2D eigenvalue weighted by Gasteiger charge is -2.02. The molecule has 26 heavy (non-hydrogen) atoms. The summed E-state index contributed by atoms with van der Waals surface area (Å²) in [6.07, 6.45) is 0. The van der Waals surface area contributed by atoms with Crippen molar-refractivity contribution in [3.05, 3.63) is 58.9 Å². The normalized spacial score (nSPS) is 12.7. The number of thiazole rings is 1. The number of carbonyl (C=O) groups is 1. The van der Waals surface area contributed by atoms with Gasteiger partial charge in [0.05, 0.1) is 15.1 Å². The predicted molar refractivity (Wildman–Crippen MR) is 94.5 cm³/mol. The molecule has 5 nitrogen and oxygen atoms in total. The molecule has 0 N–H and O–H groups in total. The zero-order chi connectivity index (χ0) is 18.9. The molecule has 2 aromatic carbocycles. The fourth-order valence-corrected chi connectivity index (χ4v) is 4.71. The second-order valence-corrected chi connectivity index (χ2v) is 8.46. The average Bonchev–Trinajstić information content (AvgIpc) is 2.90. The van der Waals surface area contributed by atoms with Crippen molar-refractivity contribution in [2.24, 2.45) is 4.99 Å². The molecule has 3 rings (SSSR count). The first-order chi connectivity index (χ1) is 12.3. The van der Waals surface area contributed by atoms with Gasteiger partial charge in [0, 0.05) is 6.54 Å². The number of hydrogen-bond donors (Lipinski definition) is 0. The average molecular weight is 396 g/mol. The van der Waals surface area contributed by atoms with Crippen LogP contribution < -0.4 is 4.80 Å². The maximum absolute atomic E-state index is 13.4. The van der Waals surface area contributed by atoms with Gasteiger partial charge >= 0.3 is 0 Å². The fraction of sp³-hybridized carbons (Fsp3) is 0.176. The Morgan fingerprint density at radius 1 is 1.12 bits per heavy atom. The molecule has 0 aliphatic heterocycles. The highest BCUT2D eigenvalue weighted by atomic mass is 32.2. The summed E-state index contributed by atoms with van der Waals surface area (Å²) < 4.78 is 53.1. The summed E-state index contributed by atoms with van der Waals surface area (Å²) in [5, 5.41) is 0. The second-order valence-electron chi connectivity index (χ2n) is 5.46. The zero-order valence-electron chi connectivity index (χ0n) is 13.6. The van der Waals surface area contributed by atoms with Gasteiger partial charge in [-0.1, -0.05) is 11.3 Å². The predicted octanol–water partition coefficient (Wildman–Crippen LogP) is 2.90. The number of fused-ring (bicyclic) bond motifs is 1. The molecule has 1 aromatic heterocycles. The zero-order valence-corrected chi connectivity index (χ0v) is 15.3. The number of rotatable bonds is 4. The Bertz CT molecular complexity index is 1150. The van der Waals surface area contributed by atoms with Crippen molar-refractivity contribution in [1.29, 1.82) is 0 Å². The highest BCUT2D eigenvalue weighted by Gasteiger charge is 2.19. The van der Waals surface area contributed by atoms with E-state index in [4.69, 9.17) is 0 Å². The number of hydrogen-bond acceptors (Lipinski definition) is 4. The first-order valence-corrected chi connectivity index (χ1v) is 10.1. The van der Waals surface area contributed by atoms with Gasteiger partial charge in [0.1, 0.15) is 17.4 Å². The van der Waals surface area contributed by atoms with Crippen LogP contribution in [-0.4, -0.2) is 24.6 Å². The molecule has 0 saturated heterocycles. The van der Waals surface area contributed by atoms with Gasteiger partial charge in [-0.2, -0.15) is 4.99 Å². The van der Waals surface area contributed by atoms with Gasteiger partial charge in [-0.3, -0.25) is 4.79 Å². The smallest absolute Gasteiger partial charge is 0.263 e. The standard InChI is InChI=1S/C17H14F2N2O3S2/c1-2-21-14-8-5-12(19)9-15(14)25-17(21)20-16(22)10-26(23,24)13-6-3-11(18)4-7-13/h3-9H,2,10H2,1H3. The summed E-state index contributed by atoms with van der Waals surface area (Å²) in [5.41, 5.74) is 0.715. The van der Waals surface area contributed by atoms with E-state index in [1.54, 1.807) is 10.6 Å². The molecular weight excluding hydrogens is 382 g/mol. The molecule has 0 bridgehead atoms. The van der Waals surface area contributed by atoms with Crippen molar-refractivity contribution in [3.63, 3.8) is 0 Å². The van der Waals surface area contributed by atoms with E-state index in [2.05, 4.69) is 4.99 Å². The summed E-state index contributed by atoms with van der Waals surface area (Å²) in [5.74, 6) is -2.64. The van der Waals surface area contributed by atoms with E-state index in [1.165, 1.54) is 12.1 Å². The van der Waals surface area contributed by atoms with Crippen LogP contribution in [0, 0.1) is 11.6 Å². The van der Waals surface area contributed by atoms with E-state index in [0.717, 1.165) is 35.6 Å². The summed E-state index contributed by atoms with van der Waals surface area (Å²) in [6.45, 7) is 2.33. The Labute approximate surface area is 152 Å². The Hall–Kier alpha value is -2.39. The second kappa shape index (κ2) is 7.08. The molecular formula is C17H14F2N2O3S2. The Morgan fingerprint density at radius 3 is 2.42 bits per heavy atom. The molecule has 136 valence electrons. The number of benzene rings is 2. The van der Waals surface area contributed by atoms with Gasteiger partial charge in [-0.05, 0) is 49.4 Å². The van der Waals surface area contributed by atoms with Gasteiger partial charge in [-0.25, -0.2) is 17.2 Å². The van der Waals surface area contributed by atoms with Crippen LogP contribution in [0.2, 0.25) is 0 Å². The first-order valence-electron chi connectivity index (χ1n) is 7.65. The van der Waals surface area contributed by atoms with E-state index in [-0.39, 0.29) is 4.90 Å². The van der Waals surface area contributed by atoms with Crippen molar-refractivity contribution >= 4 is 37.3 Å². The number of halogens is 2. The minimum Gasteiger partial charge on any atom is -0.317 e. The van der Waals surface area contributed by atoms with Crippen molar-refractivity contribution in [2.45, 2.75) is 18.4 Å². The van der Waals surface area contributed by atoms with E-state index in [1.807, 2.05) is 6.92 Å². The third-order valence-corrected chi connectivity index (χ3v) is 6.33. The molecule has 0 atom stereocenters. The van der Waals surface area contributed by atoms with Crippen molar-refractivity contribution in [2.75, 3.05) is 5.75 Å². The molecule has 1 amide bonds. The Balaban J connectivity index is 1.96. The largest absolute Gasteiger partial charge is 0.317 e. The maximum Gasteiger partial charge on any atom is 0.263 e. The first kappa shape index (κ1) is 18.4. The van der Waals surface area contributed by atoms with Crippen LogP contribution in [0.5, 0.6) is 0 Å². The van der Waals surface area contributed by atoms with Crippen LogP contribution in [0.15, 0.2) is 52.4 Å². The summed E-state index contributed by atoms with van der Waals surface area (Å²) >= 11 is 1.11. The molecule has 0 aliphatic rings. The molecule has 0 unspecified atom stereocenters. The lowest BCUT2D eigenvalue weighted by Crippen LogP contribution is -2.20. The van der Waals surface area contributed by atoms with Gasteiger partial charge in [0.15, 0.2) is 14.6 Å². The third-order valence-electron chi connectivity index (χ3n) is 3.67. The molecule has 3 aromatic rings. The molecule has 1 heterocycles. The van der Waals surface area contributed by atoms with Crippen molar-refractivity contribution in [1.82, 2.24) is 4.57 Å². The Morgan fingerprint density at radius 2 is 1.77 bits per heavy atom. The minimum atomic E-state index is -3.93. The SMILES string of the molecule is CCn1c(=NC(=O)CS(=O)(=O)c2ccc(F)cc2)sc2cc(F)ccc21. The Kier molecular flexibility index (Phi) is 5.01. The van der Waals surface area contributed by atoms with Gasteiger partial charge in [0.2, 0.25) is 0 Å². The summed E-state index contributed by atoms with van der Waals surface area (Å²) in [7, 11) is -3.93. The van der Waals surface area contributed by atoms with Crippen LogP contribution in [0.4, 0.5) is 8.78 Å². The number of aromatic nitrogens is 1. The van der Waals surface area contributed by atoms with Crippen LogP contribution in [-0.2, 0) is 21.2 Å². The van der Waals surface area contributed by atoms with Gasteiger partial charge in [0.25, 0.3) is 5.91 Å². The quantitative estimate of drug-likeness (QED) is 0.637. The number of nitrogens with zero attached hydrogens (tertiary/aromatic N) is 2. The molecule has 0 aliphatic carbocycles. The molecule has 0 spiro atoms. The van der Waals surface area contributed by atoms with Crippen LogP contribution in [0.3, 0.4) is 0 Å². The summed E-state index contributed by atoms with van der Waals surface area (Å²) in [4.78, 5) is 16.2. The van der Waals surface area contributed by atoms with Crippen LogP contribution in [0.25, 0.3) is 10.2 Å². The molecule has 0 saturated carbocycles. The topological polar surface area (TPSA) is 68.5 Å². The van der Waals surface area contributed by atoms with E-state index < -0.39 is 33.1 Å². The third kappa shape index (κ3) is 3.73. The van der Waals surface area contributed by atoms with E-state index in [9.17, 15) is 22.0 Å². The lowest BCUT2D eigenvalue weighted by molar-refractivity contribution is -0.115. The highest BCUT2D eigenvalue weighted by molar-refractivity contribution is 7.92. The van der Waals surface area contributed by atoms with Gasteiger partial charge in [-0.15, -0.1) is 0 Å². The maximum atomic E-state index is 13.4. The summed E-state index contributed by atoms with van der Waals surface area (Å²) in [6, 6.07) is 8.47. The van der Waals surface area contributed by atoms with Crippen LogP contribution >= 0.6 is 11.3 Å². The lowest BCUT2D eigenvalue weighted by atomic mass is 10.3. The number of carbonyl (C=O) groups excluding carboxylic acids is 1. The number of aryl methyl sites for hydroxylation is 1. The fourth-order valence-electron chi connectivity index (χ4n) is 2.46. The monoisotopic (exact) mass is 396 g/mol. The van der Waals surface area contributed by atoms with Crippen molar-refractivity contribution in [3.8, 4) is 0 Å². The van der Waals surface area contributed by atoms with E-state index in [0.29, 0.717) is 21.6 Å².